The van der Waals surface area contributed by atoms with Gasteiger partial charge in [-0.2, -0.15) is 0 Å². The fourth-order valence-electron chi connectivity index (χ4n) is 4.13. The molecule has 0 aliphatic carbocycles. The van der Waals surface area contributed by atoms with Crippen LogP contribution in [0.15, 0.2) is 18.2 Å². The number of carbonyl (C=O) groups excluding carboxylic acids is 2. The fraction of sp³-hybridized carbons (Fsp3) is 0.600. The first-order valence-electron chi connectivity index (χ1n) is 9.42. The first-order chi connectivity index (χ1) is 12.5. The van der Waals surface area contributed by atoms with Crippen molar-refractivity contribution in [1.82, 2.24) is 4.90 Å². The molecule has 3 saturated heterocycles. The normalized spacial score (nSPS) is 25.3. The lowest BCUT2D eigenvalue weighted by molar-refractivity contribution is -0.188. The third kappa shape index (κ3) is 3.12. The second-order valence-electron chi connectivity index (χ2n) is 7.61. The van der Waals surface area contributed by atoms with E-state index in [-0.39, 0.29) is 17.7 Å². The van der Waals surface area contributed by atoms with Crippen molar-refractivity contribution in [1.29, 1.82) is 0 Å². The van der Waals surface area contributed by atoms with Crippen LogP contribution < -0.4 is 4.90 Å². The van der Waals surface area contributed by atoms with Gasteiger partial charge in [0.25, 0.3) is 0 Å². The van der Waals surface area contributed by atoms with E-state index in [1.165, 1.54) is 5.56 Å². The number of piperidine rings is 1. The molecule has 0 bridgehead atoms. The van der Waals surface area contributed by atoms with Crippen molar-refractivity contribution in [3.63, 3.8) is 0 Å². The van der Waals surface area contributed by atoms with Gasteiger partial charge in [-0.05, 0) is 37.1 Å². The minimum atomic E-state index is -0.478. The summed E-state index contributed by atoms with van der Waals surface area (Å²) in [6.45, 7) is 7.10. The highest BCUT2D eigenvalue weighted by molar-refractivity contribution is 6.00. The van der Waals surface area contributed by atoms with Crippen LogP contribution in [0, 0.1) is 19.8 Å². The van der Waals surface area contributed by atoms with Gasteiger partial charge < -0.3 is 19.3 Å². The lowest BCUT2D eigenvalue weighted by atomic mass is 10.0. The molecule has 6 nitrogen and oxygen atoms in total. The molecule has 26 heavy (non-hydrogen) atoms. The summed E-state index contributed by atoms with van der Waals surface area (Å²) in [6.07, 6.45) is 1.71. The van der Waals surface area contributed by atoms with E-state index < -0.39 is 5.79 Å². The SMILES string of the molecule is Cc1ccc(N2CC(C(=O)N3CCC4(CC3)OCCO4)CC2=O)cc1C. The van der Waals surface area contributed by atoms with Gasteiger partial charge in [0.1, 0.15) is 0 Å². The minimum Gasteiger partial charge on any atom is -0.347 e. The smallest absolute Gasteiger partial charge is 0.228 e. The molecule has 4 rings (SSSR count). The topological polar surface area (TPSA) is 59.1 Å². The van der Waals surface area contributed by atoms with Crippen LogP contribution in [0.1, 0.15) is 30.4 Å². The number of likely N-dealkylation sites (tertiary alicyclic amines) is 1. The minimum absolute atomic E-state index is 0.0301. The fourth-order valence-corrected chi connectivity index (χ4v) is 4.13. The number of aryl methyl sites for hydroxylation is 2. The lowest BCUT2D eigenvalue weighted by Crippen LogP contribution is -2.49. The van der Waals surface area contributed by atoms with Crippen LogP contribution in [0.2, 0.25) is 0 Å². The van der Waals surface area contributed by atoms with E-state index >= 15 is 0 Å². The molecule has 3 aliphatic rings. The Hall–Kier alpha value is -1.92. The summed E-state index contributed by atoms with van der Waals surface area (Å²) >= 11 is 0. The Kier molecular flexibility index (Phi) is 4.49. The van der Waals surface area contributed by atoms with Crippen molar-refractivity contribution in [3.05, 3.63) is 29.3 Å². The number of nitrogens with zero attached hydrogens (tertiary/aromatic N) is 2. The van der Waals surface area contributed by atoms with Crippen LogP contribution in [0.5, 0.6) is 0 Å². The molecule has 1 atom stereocenters. The molecule has 3 fully saturated rings. The second kappa shape index (κ2) is 6.67. The van der Waals surface area contributed by atoms with E-state index in [0.29, 0.717) is 52.1 Å². The Bertz CT molecular complexity index is 717. The number of benzene rings is 1. The average Bonchev–Trinajstić information content (AvgIpc) is 3.25. The van der Waals surface area contributed by atoms with E-state index in [1.807, 2.05) is 30.0 Å². The van der Waals surface area contributed by atoms with Gasteiger partial charge in [-0.1, -0.05) is 6.07 Å². The molecule has 1 spiro atoms. The molecule has 0 aromatic heterocycles. The summed E-state index contributed by atoms with van der Waals surface area (Å²) in [5.74, 6) is -0.628. The molecule has 0 N–H and O–H groups in total. The van der Waals surface area contributed by atoms with Crippen molar-refractivity contribution in [2.45, 2.75) is 38.9 Å². The van der Waals surface area contributed by atoms with E-state index in [1.54, 1.807) is 4.90 Å². The third-order valence-electron chi connectivity index (χ3n) is 5.93. The largest absolute Gasteiger partial charge is 0.347 e. The van der Waals surface area contributed by atoms with Gasteiger partial charge in [0.2, 0.25) is 11.8 Å². The van der Waals surface area contributed by atoms with Crippen LogP contribution in [0.3, 0.4) is 0 Å². The Morgan fingerprint density at radius 1 is 1.12 bits per heavy atom. The van der Waals surface area contributed by atoms with Crippen molar-refractivity contribution in [2.24, 2.45) is 5.92 Å². The van der Waals surface area contributed by atoms with Gasteiger partial charge in [0.05, 0.1) is 19.1 Å². The van der Waals surface area contributed by atoms with Crippen molar-refractivity contribution < 1.29 is 19.1 Å². The van der Waals surface area contributed by atoms with Gasteiger partial charge in [-0.3, -0.25) is 9.59 Å². The third-order valence-corrected chi connectivity index (χ3v) is 5.93. The first kappa shape index (κ1) is 17.5. The molecule has 1 aromatic carbocycles. The summed E-state index contributed by atoms with van der Waals surface area (Å²) in [5, 5.41) is 0. The molecule has 1 unspecified atom stereocenters. The summed E-state index contributed by atoms with van der Waals surface area (Å²) in [4.78, 5) is 29.0. The van der Waals surface area contributed by atoms with Crippen LogP contribution in [-0.2, 0) is 19.1 Å². The van der Waals surface area contributed by atoms with E-state index in [2.05, 4.69) is 6.92 Å². The summed E-state index contributed by atoms with van der Waals surface area (Å²) in [7, 11) is 0. The number of carbonyl (C=O) groups is 2. The molecule has 1 aromatic rings. The predicted molar refractivity (Wildman–Crippen MR) is 96.8 cm³/mol. The van der Waals surface area contributed by atoms with Gasteiger partial charge in [0.15, 0.2) is 5.79 Å². The number of rotatable bonds is 2. The highest BCUT2D eigenvalue weighted by Gasteiger charge is 2.43. The zero-order valence-corrected chi connectivity index (χ0v) is 15.5. The lowest BCUT2D eigenvalue weighted by Gasteiger charge is -2.38. The van der Waals surface area contributed by atoms with Gasteiger partial charge in [0, 0.05) is 44.6 Å². The number of anilines is 1. The highest BCUT2D eigenvalue weighted by atomic mass is 16.7. The van der Waals surface area contributed by atoms with E-state index in [4.69, 9.17) is 9.47 Å². The van der Waals surface area contributed by atoms with E-state index in [9.17, 15) is 9.59 Å². The van der Waals surface area contributed by atoms with Gasteiger partial charge >= 0.3 is 0 Å². The van der Waals surface area contributed by atoms with Crippen molar-refractivity contribution in [3.8, 4) is 0 Å². The maximum Gasteiger partial charge on any atom is 0.228 e. The molecule has 0 saturated carbocycles. The number of ether oxygens (including phenoxy) is 2. The summed E-state index contributed by atoms with van der Waals surface area (Å²) in [6, 6.07) is 6.02. The Morgan fingerprint density at radius 2 is 1.81 bits per heavy atom. The summed E-state index contributed by atoms with van der Waals surface area (Å²) in [5.41, 5.74) is 3.24. The molecule has 6 heteroatoms. The molecule has 0 radical (unpaired) electrons. The molecule has 3 aliphatic heterocycles. The number of hydrogen-bond acceptors (Lipinski definition) is 4. The van der Waals surface area contributed by atoms with Crippen LogP contribution in [0.4, 0.5) is 5.69 Å². The van der Waals surface area contributed by atoms with Crippen molar-refractivity contribution >= 4 is 17.5 Å². The highest BCUT2D eigenvalue weighted by Crippen LogP contribution is 2.33. The quantitative estimate of drug-likeness (QED) is 0.812. The molecule has 3 heterocycles. The summed E-state index contributed by atoms with van der Waals surface area (Å²) < 4.78 is 11.5. The van der Waals surface area contributed by atoms with Crippen LogP contribution in [-0.4, -0.2) is 55.3 Å². The molecular weight excluding hydrogens is 332 g/mol. The average molecular weight is 358 g/mol. The molecule has 2 amide bonds. The maximum absolute atomic E-state index is 12.9. The number of hydrogen-bond donors (Lipinski definition) is 0. The second-order valence-corrected chi connectivity index (χ2v) is 7.61. The predicted octanol–water partition coefficient (Wildman–Crippen LogP) is 2.02. The zero-order chi connectivity index (χ0) is 18.3. The standard InChI is InChI=1S/C20H26N2O4/c1-14-3-4-17(11-15(14)2)22-13-16(12-18(22)23)19(24)21-7-5-20(6-8-21)25-9-10-26-20/h3-4,11,16H,5-10,12-13H2,1-2H3. The van der Waals surface area contributed by atoms with E-state index in [0.717, 1.165) is 11.3 Å². The van der Waals surface area contributed by atoms with Gasteiger partial charge in [-0.25, -0.2) is 0 Å². The Morgan fingerprint density at radius 3 is 2.46 bits per heavy atom. The number of amides is 2. The van der Waals surface area contributed by atoms with Crippen molar-refractivity contribution in [2.75, 3.05) is 37.7 Å². The monoisotopic (exact) mass is 358 g/mol. The Balaban J connectivity index is 1.40. The molecular formula is C20H26N2O4. The maximum atomic E-state index is 12.9. The van der Waals surface area contributed by atoms with Gasteiger partial charge in [-0.15, -0.1) is 0 Å². The molecule has 140 valence electrons. The first-order valence-corrected chi connectivity index (χ1v) is 9.42. The van der Waals surface area contributed by atoms with Crippen LogP contribution >= 0.6 is 0 Å². The zero-order valence-electron chi connectivity index (χ0n) is 15.5. The van der Waals surface area contributed by atoms with Crippen LogP contribution in [0.25, 0.3) is 0 Å². The Labute approximate surface area is 154 Å².